The molecule has 198 valence electrons. The molecule has 7 nitrogen and oxygen atoms in total. The summed E-state index contributed by atoms with van der Waals surface area (Å²) in [6.07, 6.45) is 3.98. The van der Waals surface area contributed by atoms with Crippen LogP contribution in [0.25, 0.3) is 11.1 Å². The van der Waals surface area contributed by atoms with Gasteiger partial charge in [0.2, 0.25) is 5.91 Å². The molecule has 0 bridgehead atoms. The lowest BCUT2D eigenvalue weighted by Gasteiger charge is -2.44. The summed E-state index contributed by atoms with van der Waals surface area (Å²) in [4.78, 5) is 15.3. The molecular formula is C30H39N3O4. The molecule has 1 saturated carbocycles. The molecule has 1 aliphatic carbocycles. The monoisotopic (exact) mass is 505 g/mol. The molecular weight excluding hydrogens is 466 g/mol. The van der Waals surface area contributed by atoms with Gasteiger partial charge in [-0.25, -0.2) is 0 Å². The van der Waals surface area contributed by atoms with Gasteiger partial charge < -0.3 is 25.6 Å². The molecule has 2 fully saturated rings. The minimum absolute atomic E-state index is 0.0292. The van der Waals surface area contributed by atoms with Gasteiger partial charge in [0.05, 0.1) is 23.3 Å². The van der Waals surface area contributed by atoms with Crippen LogP contribution in [0.1, 0.15) is 56.1 Å². The highest BCUT2D eigenvalue weighted by Crippen LogP contribution is 2.44. The first-order valence-electron chi connectivity index (χ1n) is 13.4. The average molecular weight is 506 g/mol. The molecule has 0 aromatic heterocycles. The Balaban J connectivity index is 1.68. The molecule has 2 aliphatic rings. The maximum Gasteiger partial charge on any atom is 0.225 e. The van der Waals surface area contributed by atoms with Gasteiger partial charge in [-0.1, -0.05) is 36.4 Å². The molecule has 7 heteroatoms. The van der Waals surface area contributed by atoms with Crippen LogP contribution in [0.2, 0.25) is 0 Å². The Hall–Kier alpha value is -2.76. The van der Waals surface area contributed by atoms with Crippen LogP contribution in [0.3, 0.4) is 0 Å². The third kappa shape index (κ3) is 6.05. The average Bonchev–Trinajstić information content (AvgIpc) is 3.28. The second-order valence-electron chi connectivity index (χ2n) is 10.6. The first-order valence-corrected chi connectivity index (χ1v) is 13.4. The SMILES string of the molecule is COCCCC[C@](O)(c1ccc(C#N)cc1-c1ccccc1)[C@@H]1CCCN(C(=O)[C@H]2C[C@@H](N)[C@@H](O)C2)C1. The van der Waals surface area contributed by atoms with Crippen molar-refractivity contribution in [1.29, 1.82) is 5.26 Å². The molecule has 4 N–H and O–H groups in total. The number of ether oxygens (including phenoxy) is 1. The maximum absolute atomic E-state index is 13.4. The number of carbonyl (C=O) groups excluding carboxylic acids is 1. The number of methoxy groups -OCH3 is 1. The van der Waals surface area contributed by atoms with Gasteiger partial charge in [-0.2, -0.15) is 5.26 Å². The van der Waals surface area contributed by atoms with Crippen molar-refractivity contribution in [2.24, 2.45) is 17.6 Å². The summed E-state index contributed by atoms with van der Waals surface area (Å²) in [6.45, 7) is 1.72. The number of aliphatic hydroxyl groups is 2. The van der Waals surface area contributed by atoms with Crippen LogP contribution in [0, 0.1) is 23.2 Å². The summed E-state index contributed by atoms with van der Waals surface area (Å²) in [7, 11) is 1.68. The highest BCUT2D eigenvalue weighted by molar-refractivity contribution is 5.79. The Morgan fingerprint density at radius 3 is 2.68 bits per heavy atom. The van der Waals surface area contributed by atoms with Gasteiger partial charge in [0.25, 0.3) is 0 Å². The number of likely N-dealkylation sites (tertiary alicyclic amines) is 1. The number of nitrogens with two attached hydrogens (primary N) is 1. The standard InChI is InChI=1S/C30H39N3O4/c1-37-15-6-5-13-30(36,26-12-11-21(19-31)16-25(26)22-8-3-2-4-9-22)24-10-7-14-33(20-24)29(35)23-17-27(32)28(34)18-23/h2-4,8-9,11-12,16,23-24,27-28,34,36H,5-7,10,13-15,17-18,20,32H2,1H3/t23-,24+,27+,28-,30+/m0/s1. The van der Waals surface area contributed by atoms with E-state index in [4.69, 9.17) is 10.5 Å². The quantitative estimate of drug-likeness (QED) is 0.448. The van der Waals surface area contributed by atoms with E-state index in [1.165, 1.54) is 0 Å². The van der Waals surface area contributed by atoms with E-state index in [0.717, 1.165) is 42.4 Å². The van der Waals surface area contributed by atoms with Crippen molar-refractivity contribution in [3.63, 3.8) is 0 Å². The lowest BCUT2D eigenvalue weighted by Crippen LogP contribution is -2.49. The molecule has 0 spiro atoms. The van der Waals surface area contributed by atoms with Crippen LogP contribution in [0.4, 0.5) is 0 Å². The Morgan fingerprint density at radius 2 is 2.00 bits per heavy atom. The van der Waals surface area contributed by atoms with Crippen molar-refractivity contribution in [1.82, 2.24) is 4.90 Å². The van der Waals surface area contributed by atoms with Crippen LogP contribution in [0.5, 0.6) is 0 Å². The van der Waals surface area contributed by atoms with E-state index < -0.39 is 11.7 Å². The van der Waals surface area contributed by atoms with E-state index in [0.29, 0.717) is 44.5 Å². The van der Waals surface area contributed by atoms with Gasteiger partial charge in [-0.15, -0.1) is 0 Å². The number of nitriles is 1. The van der Waals surface area contributed by atoms with Gasteiger partial charge in [0.1, 0.15) is 0 Å². The largest absolute Gasteiger partial charge is 0.391 e. The zero-order valence-corrected chi connectivity index (χ0v) is 21.7. The fourth-order valence-electron chi connectivity index (χ4n) is 6.12. The number of benzene rings is 2. The molecule has 1 saturated heterocycles. The minimum Gasteiger partial charge on any atom is -0.391 e. The lowest BCUT2D eigenvalue weighted by atomic mass is 9.71. The topological polar surface area (TPSA) is 120 Å². The number of amides is 1. The van der Waals surface area contributed by atoms with E-state index >= 15 is 0 Å². The zero-order chi connectivity index (χ0) is 26.4. The summed E-state index contributed by atoms with van der Waals surface area (Å²) in [5.41, 5.74) is 7.94. The molecule has 2 aromatic carbocycles. The molecule has 1 amide bonds. The fraction of sp³-hybridized carbons (Fsp3) is 0.533. The predicted octanol–water partition coefficient (Wildman–Crippen LogP) is 3.57. The van der Waals surface area contributed by atoms with Crippen molar-refractivity contribution < 1.29 is 19.7 Å². The van der Waals surface area contributed by atoms with Crippen molar-refractivity contribution >= 4 is 5.91 Å². The molecule has 2 aromatic rings. The molecule has 1 heterocycles. The minimum atomic E-state index is -1.18. The number of piperidine rings is 1. The number of aliphatic hydroxyl groups excluding tert-OH is 1. The van der Waals surface area contributed by atoms with Gasteiger partial charge >= 0.3 is 0 Å². The highest BCUT2D eigenvalue weighted by atomic mass is 16.5. The Labute approximate surface area is 219 Å². The lowest BCUT2D eigenvalue weighted by molar-refractivity contribution is -0.141. The van der Waals surface area contributed by atoms with Gasteiger partial charge in [0.15, 0.2) is 0 Å². The predicted molar refractivity (Wildman–Crippen MR) is 142 cm³/mol. The Bertz CT molecular complexity index is 1090. The van der Waals surface area contributed by atoms with E-state index in [9.17, 15) is 20.3 Å². The van der Waals surface area contributed by atoms with Crippen LogP contribution in [0.15, 0.2) is 48.5 Å². The van der Waals surface area contributed by atoms with Crippen molar-refractivity contribution in [3.8, 4) is 17.2 Å². The van der Waals surface area contributed by atoms with Crippen molar-refractivity contribution in [2.75, 3.05) is 26.8 Å². The summed E-state index contributed by atoms with van der Waals surface area (Å²) < 4.78 is 5.25. The van der Waals surface area contributed by atoms with Crippen LogP contribution in [-0.2, 0) is 15.1 Å². The summed E-state index contributed by atoms with van der Waals surface area (Å²) in [5.74, 6) is -0.405. The second-order valence-corrected chi connectivity index (χ2v) is 10.6. The van der Waals surface area contributed by atoms with Gasteiger partial charge in [0, 0.05) is 44.7 Å². The van der Waals surface area contributed by atoms with Crippen LogP contribution >= 0.6 is 0 Å². The zero-order valence-electron chi connectivity index (χ0n) is 21.7. The van der Waals surface area contributed by atoms with E-state index in [-0.39, 0.29) is 23.8 Å². The molecule has 0 radical (unpaired) electrons. The third-order valence-electron chi connectivity index (χ3n) is 8.19. The second kappa shape index (κ2) is 12.2. The first kappa shape index (κ1) is 27.3. The van der Waals surface area contributed by atoms with Crippen LogP contribution < -0.4 is 5.73 Å². The first-order chi connectivity index (χ1) is 17.9. The normalized spacial score (nSPS) is 25.4. The number of carbonyl (C=O) groups is 1. The number of nitrogens with zero attached hydrogens (tertiary/aromatic N) is 2. The molecule has 0 unspecified atom stereocenters. The number of rotatable bonds is 9. The van der Waals surface area contributed by atoms with Crippen molar-refractivity contribution in [2.45, 2.75) is 62.7 Å². The third-order valence-corrected chi connectivity index (χ3v) is 8.19. The number of hydrogen-bond donors (Lipinski definition) is 3. The smallest absolute Gasteiger partial charge is 0.225 e. The highest BCUT2D eigenvalue weighted by Gasteiger charge is 2.44. The molecule has 4 rings (SSSR count). The molecule has 1 aliphatic heterocycles. The fourth-order valence-corrected chi connectivity index (χ4v) is 6.12. The van der Waals surface area contributed by atoms with Crippen molar-refractivity contribution in [3.05, 3.63) is 59.7 Å². The van der Waals surface area contributed by atoms with E-state index in [1.807, 2.05) is 47.4 Å². The van der Waals surface area contributed by atoms with Gasteiger partial charge in [-0.3, -0.25) is 4.79 Å². The van der Waals surface area contributed by atoms with E-state index in [2.05, 4.69) is 6.07 Å². The number of unbranched alkanes of at least 4 members (excludes halogenated alkanes) is 1. The van der Waals surface area contributed by atoms with Gasteiger partial charge in [-0.05, 0) is 73.8 Å². The van der Waals surface area contributed by atoms with Crippen LogP contribution in [-0.4, -0.2) is 60.0 Å². The Morgan fingerprint density at radius 1 is 1.22 bits per heavy atom. The van der Waals surface area contributed by atoms with E-state index in [1.54, 1.807) is 13.2 Å². The molecule has 5 atom stereocenters. The number of hydrogen-bond acceptors (Lipinski definition) is 6. The Kier molecular flexibility index (Phi) is 8.99. The summed E-state index contributed by atoms with van der Waals surface area (Å²) in [5, 5.41) is 32.2. The maximum atomic E-state index is 13.4. The molecule has 37 heavy (non-hydrogen) atoms. The summed E-state index contributed by atoms with van der Waals surface area (Å²) in [6, 6.07) is 17.3. The summed E-state index contributed by atoms with van der Waals surface area (Å²) >= 11 is 0.